The molecule has 0 bridgehead atoms. The number of thiocarbonyl (C=S) groups is 1. The maximum atomic E-state index is 13.1. The lowest BCUT2D eigenvalue weighted by Crippen LogP contribution is -2.44. The third kappa shape index (κ3) is 7.68. The Kier molecular flexibility index (Phi) is 10.2. The fraction of sp³-hybridized carbons (Fsp3) is 0.226. The van der Waals surface area contributed by atoms with Crippen molar-refractivity contribution in [2.24, 2.45) is 0 Å². The first kappa shape index (κ1) is 30.6. The van der Waals surface area contributed by atoms with Gasteiger partial charge < -0.3 is 19.3 Å². The number of carboxylic acids is 1. The first-order valence-electron chi connectivity index (χ1n) is 13.2. The summed E-state index contributed by atoms with van der Waals surface area (Å²) in [6.07, 6.45) is 0.882. The van der Waals surface area contributed by atoms with Crippen LogP contribution in [0.3, 0.4) is 0 Å². The minimum absolute atomic E-state index is 0.176. The molecule has 0 radical (unpaired) electrons. The number of amides is 2. The van der Waals surface area contributed by atoms with Gasteiger partial charge in [-0.15, -0.1) is 0 Å². The van der Waals surface area contributed by atoms with Gasteiger partial charge in [-0.3, -0.25) is 15.0 Å². The summed E-state index contributed by atoms with van der Waals surface area (Å²) in [5, 5.41) is 10.4. The highest BCUT2D eigenvalue weighted by Crippen LogP contribution is 2.35. The molecule has 3 aromatic carbocycles. The number of carboxylic acid groups (broad SMARTS) is 1. The summed E-state index contributed by atoms with van der Waals surface area (Å²) >= 11 is 6.40. The lowest BCUT2D eigenvalue weighted by atomic mass is 10.1. The number of aryl methyl sites for hydroxylation is 1. The second-order valence-corrected chi connectivity index (χ2v) is 10.9. The molecule has 2 amide bonds. The molecule has 2 N–H and O–H groups in total. The first-order valence-corrected chi connectivity index (χ1v) is 14.4. The van der Waals surface area contributed by atoms with Gasteiger partial charge in [0.05, 0.1) is 11.5 Å². The Morgan fingerprint density at radius 1 is 1.02 bits per heavy atom. The van der Waals surface area contributed by atoms with Crippen molar-refractivity contribution < 1.29 is 33.7 Å². The summed E-state index contributed by atoms with van der Waals surface area (Å²) in [5.41, 5.74) is 5.72. The molecule has 42 heavy (non-hydrogen) atoms. The standard InChI is InChI=1S/C31H30N2O7S2/c1-4-24(30(36)37)40-25-15-10-21(16-26(25)38-5-2)17-27-29(35)33(31(41)42-27)32-28(34)22-11-13-23(14-12-22)39-18-20-8-6-19(3)7-9-20/h6-17,24H,4-5,18H2,1-3H3,(H,32,34)(H,36,37)/b27-17+. The molecule has 1 fully saturated rings. The fourth-order valence-corrected chi connectivity index (χ4v) is 5.06. The number of hydrazine groups is 1. The quantitative estimate of drug-likeness (QED) is 0.196. The van der Waals surface area contributed by atoms with E-state index in [-0.39, 0.29) is 16.5 Å². The van der Waals surface area contributed by atoms with Crippen molar-refractivity contribution in [2.45, 2.75) is 39.9 Å². The lowest BCUT2D eigenvalue weighted by Gasteiger charge is -2.17. The maximum Gasteiger partial charge on any atom is 0.344 e. The number of benzene rings is 3. The van der Waals surface area contributed by atoms with Gasteiger partial charge in [0.25, 0.3) is 11.8 Å². The first-order chi connectivity index (χ1) is 20.2. The van der Waals surface area contributed by atoms with Gasteiger partial charge in [-0.2, -0.15) is 5.01 Å². The van der Waals surface area contributed by atoms with Crippen LogP contribution in [0.5, 0.6) is 17.2 Å². The van der Waals surface area contributed by atoms with Crippen LogP contribution in [0.25, 0.3) is 6.08 Å². The van der Waals surface area contributed by atoms with Crippen LogP contribution in [-0.4, -0.2) is 44.9 Å². The largest absolute Gasteiger partial charge is 0.490 e. The number of carbonyl (C=O) groups is 3. The van der Waals surface area contributed by atoms with Crippen LogP contribution in [0, 0.1) is 6.92 Å². The number of nitrogens with zero attached hydrogens (tertiary/aromatic N) is 1. The topological polar surface area (TPSA) is 114 Å². The van der Waals surface area contributed by atoms with E-state index < -0.39 is 23.9 Å². The highest BCUT2D eigenvalue weighted by molar-refractivity contribution is 8.26. The average molecular weight is 607 g/mol. The number of aliphatic carboxylic acids is 1. The van der Waals surface area contributed by atoms with Crippen molar-refractivity contribution >= 4 is 52.2 Å². The molecule has 218 valence electrons. The summed E-state index contributed by atoms with van der Waals surface area (Å²) in [7, 11) is 0. The Hall–Kier alpha value is -4.35. The maximum absolute atomic E-state index is 13.1. The Balaban J connectivity index is 1.41. The smallest absolute Gasteiger partial charge is 0.344 e. The molecule has 1 atom stereocenters. The minimum atomic E-state index is -1.07. The van der Waals surface area contributed by atoms with E-state index in [1.54, 1.807) is 62.4 Å². The van der Waals surface area contributed by atoms with Gasteiger partial charge in [-0.25, -0.2) is 4.79 Å². The second kappa shape index (κ2) is 14.0. The molecule has 0 saturated carbocycles. The van der Waals surface area contributed by atoms with Gasteiger partial charge in [-0.05, 0) is 86.1 Å². The Morgan fingerprint density at radius 2 is 1.74 bits per heavy atom. The zero-order valence-corrected chi connectivity index (χ0v) is 24.9. The van der Waals surface area contributed by atoms with Gasteiger partial charge in [0, 0.05) is 5.56 Å². The van der Waals surface area contributed by atoms with Crippen LogP contribution >= 0.6 is 24.0 Å². The predicted octanol–water partition coefficient (Wildman–Crippen LogP) is 5.76. The molecule has 9 nitrogen and oxygen atoms in total. The molecule has 1 heterocycles. The van der Waals surface area contributed by atoms with E-state index in [4.69, 9.17) is 26.4 Å². The van der Waals surface area contributed by atoms with Crippen molar-refractivity contribution in [3.8, 4) is 17.2 Å². The molecule has 1 aliphatic rings. The average Bonchev–Trinajstić information content (AvgIpc) is 3.23. The molecule has 4 rings (SSSR count). The van der Waals surface area contributed by atoms with E-state index in [1.165, 1.54) is 5.56 Å². The van der Waals surface area contributed by atoms with Crippen LogP contribution in [0.1, 0.15) is 47.3 Å². The summed E-state index contributed by atoms with van der Waals surface area (Å²) in [5.74, 6) is -0.808. The predicted molar refractivity (Wildman–Crippen MR) is 164 cm³/mol. The van der Waals surface area contributed by atoms with Gasteiger partial charge in [0.15, 0.2) is 21.9 Å². The zero-order valence-electron chi connectivity index (χ0n) is 23.3. The van der Waals surface area contributed by atoms with E-state index in [2.05, 4.69) is 5.43 Å². The number of hydrogen-bond acceptors (Lipinski definition) is 8. The van der Waals surface area contributed by atoms with Crippen LogP contribution in [0.4, 0.5) is 0 Å². The number of nitrogens with one attached hydrogen (secondary N) is 1. The van der Waals surface area contributed by atoms with Crippen molar-refractivity contribution in [2.75, 3.05) is 6.61 Å². The number of rotatable bonds is 12. The van der Waals surface area contributed by atoms with Crippen molar-refractivity contribution in [1.82, 2.24) is 10.4 Å². The van der Waals surface area contributed by atoms with Crippen molar-refractivity contribution in [3.63, 3.8) is 0 Å². The third-order valence-corrected chi connectivity index (χ3v) is 7.43. The van der Waals surface area contributed by atoms with Gasteiger partial charge in [0.1, 0.15) is 12.4 Å². The SMILES string of the molecule is CCOc1cc(/C=C2/SC(=S)N(NC(=O)c3ccc(OCc4ccc(C)cc4)cc3)C2=O)ccc1OC(CC)C(=O)O. The molecule has 1 aliphatic heterocycles. The molecule has 0 aliphatic carbocycles. The second-order valence-electron chi connectivity index (χ2n) is 9.25. The molecule has 3 aromatic rings. The number of hydrogen-bond donors (Lipinski definition) is 2. The molecule has 0 aromatic heterocycles. The molecule has 1 unspecified atom stereocenters. The minimum Gasteiger partial charge on any atom is -0.490 e. The van der Waals surface area contributed by atoms with Gasteiger partial charge in [-0.1, -0.05) is 54.6 Å². The van der Waals surface area contributed by atoms with E-state index in [0.29, 0.717) is 40.7 Å². The number of ether oxygens (including phenoxy) is 3. The number of thioether (sulfide) groups is 1. The van der Waals surface area contributed by atoms with E-state index in [0.717, 1.165) is 22.3 Å². The van der Waals surface area contributed by atoms with Crippen molar-refractivity contribution in [3.05, 3.63) is 93.9 Å². The van der Waals surface area contributed by atoms with Crippen LogP contribution in [0.15, 0.2) is 71.6 Å². The van der Waals surface area contributed by atoms with Crippen molar-refractivity contribution in [1.29, 1.82) is 0 Å². The van der Waals surface area contributed by atoms with Crippen LogP contribution < -0.4 is 19.6 Å². The van der Waals surface area contributed by atoms with E-state index in [9.17, 15) is 19.5 Å². The fourth-order valence-electron chi connectivity index (χ4n) is 3.88. The summed E-state index contributed by atoms with van der Waals surface area (Å²) in [6, 6.07) is 19.6. The highest BCUT2D eigenvalue weighted by Gasteiger charge is 2.34. The van der Waals surface area contributed by atoms with E-state index in [1.807, 2.05) is 31.2 Å². The Morgan fingerprint density at radius 3 is 2.38 bits per heavy atom. The normalized spacial score (nSPS) is 14.5. The third-order valence-electron chi connectivity index (χ3n) is 6.13. The lowest BCUT2D eigenvalue weighted by molar-refractivity contribution is -0.145. The van der Waals surface area contributed by atoms with Gasteiger partial charge in [0.2, 0.25) is 0 Å². The summed E-state index contributed by atoms with van der Waals surface area (Å²) in [4.78, 5) is 37.7. The molecule has 1 saturated heterocycles. The molecular formula is C31H30N2O7S2. The molecular weight excluding hydrogens is 576 g/mol. The number of carbonyl (C=O) groups excluding carboxylic acids is 2. The van der Waals surface area contributed by atoms with Crippen LogP contribution in [0.2, 0.25) is 0 Å². The molecule has 0 spiro atoms. The monoisotopic (exact) mass is 606 g/mol. The van der Waals surface area contributed by atoms with E-state index >= 15 is 0 Å². The van der Waals surface area contributed by atoms with Crippen LogP contribution in [-0.2, 0) is 16.2 Å². The van der Waals surface area contributed by atoms with Gasteiger partial charge >= 0.3 is 5.97 Å². The Bertz CT molecular complexity index is 1500. The summed E-state index contributed by atoms with van der Waals surface area (Å²) in [6.45, 7) is 6.26. The highest BCUT2D eigenvalue weighted by atomic mass is 32.2. The Labute approximate surface area is 253 Å². The summed E-state index contributed by atoms with van der Waals surface area (Å²) < 4.78 is 17.2. The molecule has 11 heteroatoms. The zero-order chi connectivity index (χ0) is 30.2.